The maximum atomic E-state index is 12.5. The molecule has 0 fully saturated rings. The van der Waals surface area contributed by atoms with Crippen molar-refractivity contribution in [2.24, 2.45) is 0 Å². The molecular formula is C18H25N5O2. The Morgan fingerprint density at radius 3 is 2.68 bits per heavy atom. The molecule has 2 N–H and O–H groups in total. The SMILES string of the molecule is CCN(CC)c1ccc(C(=O)NC2CCc3n[nH]c(=O)n3CC2)cc1. The second kappa shape index (κ2) is 7.55. The van der Waals surface area contributed by atoms with Crippen molar-refractivity contribution < 1.29 is 4.79 Å². The number of anilines is 1. The highest BCUT2D eigenvalue weighted by Crippen LogP contribution is 2.16. The molecule has 25 heavy (non-hydrogen) atoms. The quantitative estimate of drug-likeness (QED) is 0.863. The number of carbonyl (C=O) groups excluding carboxylic acids is 1. The van der Waals surface area contributed by atoms with Crippen molar-refractivity contribution in [3.05, 3.63) is 46.1 Å². The van der Waals surface area contributed by atoms with E-state index < -0.39 is 0 Å². The van der Waals surface area contributed by atoms with Gasteiger partial charge in [0.25, 0.3) is 5.91 Å². The number of nitrogens with zero attached hydrogens (tertiary/aromatic N) is 3. The van der Waals surface area contributed by atoms with Gasteiger partial charge in [-0.1, -0.05) is 0 Å². The minimum Gasteiger partial charge on any atom is -0.372 e. The van der Waals surface area contributed by atoms with Crippen molar-refractivity contribution in [2.45, 2.75) is 45.7 Å². The van der Waals surface area contributed by atoms with Crippen LogP contribution >= 0.6 is 0 Å². The van der Waals surface area contributed by atoms with Gasteiger partial charge in [0.2, 0.25) is 0 Å². The maximum absolute atomic E-state index is 12.5. The first-order valence-electron chi connectivity index (χ1n) is 8.92. The van der Waals surface area contributed by atoms with Gasteiger partial charge >= 0.3 is 5.69 Å². The van der Waals surface area contributed by atoms with Gasteiger partial charge < -0.3 is 10.2 Å². The highest BCUT2D eigenvalue weighted by Gasteiger charge is 2.20. The zero-order valence-electron chi connectivity index (χ0n) is 14.8. The molecule has 1 aromatic carbocycles. The molecule has 0 radical (unpaired) electrons. The topological polar surface area (TPSA) is 83.0 Å². The Balaban J connectivity index is 1.62. The molecule has 1 unspecified atom stereocenters. The van der Waals surface area contributed by atoms with Gasteiger partial charge in [-0.2, -0.15) is 5.10 Å². The van der Waals surface area contributed by atoms with Gasteiger partial charge in [-0.25, -0.2) is 9.89 Å². The number of hydrogen-bond acceptors (Lipinski definition) is 4. The molecule has 0 aliphatic carbocycles. The van der Waals surface area contributed by atoms with E-state index in [0.717, 1.165) is 37.4 Å². The molecule has 1 aliphatic heterocycles. The molecule has 1 aliphatic rings. The number of rotatable bonds is 5. The average molecular weight is 343 g/mol. The van der Waals surface area contributed by atoms with Crippen LogP contribution in [0.1, 0.15) is 42.9 Å². The highest BCUT2D eigenvalue weighted by molar-refractivity contribution is 5.94. The normalized spacial score (nSPS) is 16.8. The Morgan fingerprint density at radius 1 is 1.28 bits per heavy atom. The molecular weight excluding hydrogens is 318 g/mol. The van der Waals surface area contributed by atoms with Gasteiger partial charge in [0.15, 0.2) is 0 Å². The summed E-state index contributed by atoms with van der Waals surface area (Å²) < 4.78 is 1.66. The van der Waals surface area contributed by atoms with Crippen LogP contribution in [0.5, 0.6) is 0 Å². The van der Waals surface area contributed by atoms with E-state index in [2.05, 4.69) is 34.3 Å². The Hall–Kier alpha value is -2.57. The lowest BCUT2D eigenvalue weighted by molar-refractivity contribution is 0.0933. The van der Waals surface area contributed by atoms with Crippen LogP contribution in [0.3, 0.4) is 0 Å². The fourth-order valence-corrected chi connectivity index (χ4v) is 3.33. The number of amides is 1. The van der Waals surface area contributed by atoms with Crippen molar-refractivity contribution in [3.8, 4) is 0 Å². The molecule has 3 rings (SSSR count). The largest absolute Gasteiger partial charge is 0.372 e. The first-order valence-corrected chi connectivity index (χ1v) is 8.92. The summed E-state index contributed by atoms with van der Waals surface area (Å²) in [4.78, 5) is 26.4. The van der Waals surface area contributed by atoms with Crippen LogP contribution in [0.4, 0.5) is 5.69 Å². The van der Waals surface area contributed by atoms with Crippen LogP contribution in [0.15, 0.2) is 29.1 Å². The van der Waals surface area contributed by atoms with Crippen LogP contribution < -0.4 is 15.9 Å². The van der Waals surface area contributed by atoms with Gasteiger partial charge in [-0.05, 0) is 51.0 Å². The summed E-state index contributed by atoms with van der Waals surface area (Å²) in [5.74, 6) is 0.704. The first kappa shape index (κ1) is 17.3. The molecule has 1 aromatic heterocycles. The maximum Gasteiger partial charge on any atom is 0.343 e. The third-order valence-corrected chi connectivity index (χ3v) is 4.85. The molecule has 0 saturated heterocycles. The van der Waals surface area contributed by atoms with Gasteiger partial charge in [0.05, 0.1) is 0 Å². The summed E-state index contributed by atoms with van der Waals surface area (Å²) in [6.45, 7) is 6.70. The third-order valence-electron chi connectivity index (χ3n) is 4.85. The molecule has 1 amide bonds. The molecule has 0 saturated carbocycles. The number of carbonyl (C=O) groups is 1. The van der Waals surface area contributed by atoms with E-state index in [9.17, 15) is 9.59 Å². The highest BCUT2D eigenvalue weighted by atomic mass is 16.2. The number of fused-ring (bicyclic) bond motifs is 1. The van der Waals surface area contributed by atoms with E-state index in [0.29, 0.717) is 18.5 Å². The summed E-state index contributed by atoms with van der Waals surface area (Å²) in [5, 5.41) is 9.61. The first-order chi connectivity index (χ1) is 12.1. The number of aromatic nitrogens is 3. The molecule has 7 nitrogen and oxygen atoms in total. The lowest BCUT2D eigenvalue weighted by Crippen LogP contribution is -2.35. The Kier molecular flexibility index (Phi) is 5.21. The number of nitrogens with one attached hydrogen (secondary N) is 2. The van der Waals surface area contributed by atoms with Crippen molar-refractivity contribution in [2.75, 3.05) is 18.0 Å². The Morgan fingerprint density at radius 2 is 2.00 bits per heavy atom. The molecule has 2 heterocycles. The van der Waals surface area contributed by atoms with Gasteiger partial charge in [0, 0.05) is 43.3 Å². The van der Waals surface area contributed by atoms with E-state index in [-0.39, 0.29) is 17.6 Å². The molecule has 1 atom stereocenters. The zero-order valence-corrected chi connectivity index (χ0v) is 14.8. The fraction of sp³-hybridized carbons (Fsp3) is 0.500. The van der Waals surface area contributed by atoms with Crippen molar-refractivity contribution >= 4 is 11.6 Å². The second-order valence-corrected chi connectivity index (χ2v) is 6.31. The van der Waals surface area contributed by atoms with Crippen molar-refractivity contribution in [3.63, 3.8) is 0 Å². The molecule has 134 valence electrons. The smallest absolute Gasteiger partial charge is 0.343 e. The van der Waals surface area contributed by atoms with Crippen LogP contribution in [-0.4, -0.2) is 39.8 Å². The van der Waals surface area contributed by atoms with Crippen molar-refractivity contribution in [1.29, 1.82) is 0 Å². The van der Waals surface area contributed by atoms with E-state index >= 15 is 0 Å². The standard InChI is InChI=1S/C18H25N5O2/c1-3-22(4-2)15-8-5-13(6-9-15)17(24)19-14-7-10-16-20-21-18(25)23(16)12-11-14/h5-6,8-9,14H,3-4,7,10-12H2,1-2H3,(H,19,24)(H,21,25). The Bertz CT molecular complexity index is 774. The zero-order chi connectivity index (χ0) is 17.8. The van der Waals surface area contributed by atoms with E-state index in [1.165, 1.54) is 0 Å². The van der Waals surface area contributed by atoms with E-state index in [1.807, 2.05) is 24.3 Å². The lowest BCUT2D eigenvalue weighted by atomic mass is 10.1. The van der Waals surface area contributed by atoms with E-state index in [4.69, 9.17) is 0 Å². The summed E-state index contributed by atoms with van der Waals surface area (Å²) in [7, 11) is 0. The molecule has 0 bridgehead atoms. The number of aryl methyl sites for hydroxylation is 1. The summed E-state index contributed by atoms with van der Waals surface area (Å²) in [6, 6.07) is 7.77. The third kappa shape index (κ3) is 3.75. The number of hydrogen-bond donors (Lipinski definition) is 2. The van der Waals surface area contributed by atoms with Gasteiger partial charge in [0.1, 0.15) is 5.82 Å². The average Bonchev–Trinajstić information content (AvgIpc) is 2.86. The van der Waals surface area contributed by atoms with Gasteiger partial charge in [-0.3, -0.25) is 9.36 Å². The number of aromatic amines is 1. The van der Waals surface area contributed by atoms with Crippen LogP contribution in [0.2, 0.25) is 0 Å². The van der Waals surface area contributed by atoms with Gasteiger partial charge in [-0.15, -0.1) is 0 Å². The molecule has 2 aromatic rings. The lowest BCUT2D eigenvalue weighted by Gasteiger charge is -2.21. The Labute approximate surface area is 147 Å². The summed E-state index contributed by atoms with van der Waals surface area (Å²) in [6.07, 6.45) is 2.20. The predicted molar refractivity (Wildman–Crippen MR) is 97.0 cm³/mol. The monoisotopic (exact) mass is 343 g/mol. The minimum atomic E-state index is -0.172. The fourth-order valence-electron chi connectivity index (χ4n) is 3.33. The second-order valence-electron chi connectivity index (χ2n) is 6.31. The number of benzene rings is 1. The minimum absolute atomic E-state index is 0.0519. The van der Waals surface area contributed by atoms with E-state index in [1.54, 1.807) is 4.57 Å². The van der Waals surface area contributed by atoms with Crippen molar-refractivity contribution in [1.82, 2.24) is 20.1 Å². The van der Waals surface area contributed by atoms with Crippen LogP contribution in [0.25, 0.3) is 0 Å². The van der Waals surface area contributed by atoms with Crippen LogP contribution in [0, 0.1) is 0 Å². The molecule has 0 spiro atoms. The molecule has 7 heteroatoms. The summed E-state index contributed by atoms with van der Waals surface area (Å²) >= 11 is 0. The van der Waals surface area contributed by atoms with Crippen LogP contribution in [-0.2, 0) is 13.0 Å². The number of H-pyrrole nitrogens is 1. The predicted octanol–water partition coefficient (Wildman–Crippen LogP) is 1.55. The summed E-state index contributed by atoms with van der Waals surface area (Å²) in [5.41, 5.74) is 1.62.